The van der Waals surface area contributed by atoms with Crippen molar-refractivity contribution in [2.45, 2.75) is 36.9 Å². The zero-order valence-corrected chi connectivity index (χ0v) is 19.3. The van der Waals surface area contributed by atoms with E-state index in [1.165, 1.54) is 25.8 Å². The van der Waals surface area contributed by atoms with Crippen molar-refractivity contribution in [1.82, 2.24) is 19.7 Å². The minimum Gasteiger partial charge on any atom is -0.497 e. The smallest absolute Gasteiger partial charge is 0.196 e. The Morgan fingerprint density at radius 1 is 1.00 bits per heavy atom. The van der Waals surface area contributed by atoms with Gasteiger partial charge in [-0.2, -0.15) is 0 Å². The Balaban J connectivity index is 1.64. The standard InChI is InChI=1S/C24H30N4O2S/c1-27-16-7-6-8-18(27)15-17-31-24-26-25-23(21-9-4-5-10-22(21)30-3)28(24)19-11-13-20(29-2)14-12-19/h4-5,9-14,18H,6-8,15-17H2,1-3H3. The highest BCUT2D eigenvalue weighted by atomic mass is 32.2. The van der Waals surface area contributed by atoms with E-state index in [1.54, 1.807) is 26.0 Å². The monoisotopic (exact) mass is 438 g/mol. The molecule has 4 rings (SSSR count). The van der Waals surface area contributed by atoms with Crippen LogP contribution in [0.15, 0.2) is 53.7 Å². The summed E-state index contributed by atoms with van der Waals surface area (Å²) in [6.07, 6.45) is 5.09. The van der Waals surface area contributed by atoms with Crippen molar-refractivity contribution in [2.75, 3.05) is 33.6 Å². The first-order chi connectivity index (χ1) is 15.2. The largest absolute Gasteiger partial charge is 0.497 e. The van der Waals surface area contributed by atoms with Gasteiger partial charge in [-0.1, -0.05) is 30.3 Å². The van der Waals surface area contributed by atoms with Crippen LogP contribution in [-0.4, -0.2) is 59.3 Å². The van der Waals surface area contributed by atoms with Gasteiger partial charge in [0.05, 0.1) is 25.5 Å². The van der Waals surface area contributed by atoms with Crippen LogP contribution in [0.5, 0.6) is 11.5 Å². The second-order valence-corrected chi connectivity index (χ2v) is 8.87. The van der Waals surface area contributed by atoms with Crippen LogP contribution in [0.25, 0.3) is 17.1 Å². The van der Waals surface area contributed by atoms with E-state index >= 15 is 0 Å². The van der Waals surface area contributed by atoms with Crippen LogP contribution in [-0.2, 0) is 0 Å². The lowest BCUT2D eigenvalue weighted by Gasteiger charge is -2.32. The van der Waals surface area contributed by atoms with Crippen LogP contribution in [0.2, 0.25) is 0 Å². The van der Waals surface area contributed by atoms with Gasteiger partial charge in [-0.25, -0.2) is 0 Å². The molecule has 0 N–H and O–H groups in total. The Hall–Kier alpha value is -2.51. The second kappa shape index (κ2) is 10.2. The van der Waals surface area contributed by atoms with E-state index < -0.39 is 0 Å². The summed E-state index contributed by atoms with van der Waals surface area (Å²) in [7, 11) is 5.61. The molecule has 1 fully saturated rings. The molecule has 0 aliphatic carbocycles. The van der Waals surface area contributed by atoms with Crippen molar-refractivity contribution in [3.05, 3.63) is 48.5 Å². The van der Waals surface area contributed by atoms with Crippen LogP contribution in [0.4, 0.5) is 0 Å². The molecule has 1 aliphatic rings. The Morgan fingerprint density at radius 3 is 2.55 bits per heavy atom. The summed E-state index contributed by atoms with van der Waals surface area (Å²) in [4.78, 5) is 2.50. The predicted octanol–water partition coefficient (Wildman–Crippen LogP) is 4.92. The molecule has 7 heteroatoms. The number of hydrogen-bond acceptors (Lipinski definition) is 6. The Morgan fingerprint density at radius 2 is 1.81 bits per heavy atom. The molecule has 1 aromatic heterocycles. The van der Waals surface area contributed by atoms with E-state index in [2.05, 4.69) is 26.7 Å². The number of benzene rings is 2. The number of ether oxygens (including phenoxy) is 2. The third-order valence-corrected chi connectivity index (χ3v) is 6.88. The maximum absolute atomic E-state index is 5.60. The molecule has 1 aliphatic heterocycles. The topological polar surface area (TPSA) is 52.4 Å². The Kier molecular flexibility index (Phi) is 7.14. The Bertz CT molecular complexity index is 989. The third-order valence-electron chi connectivity index (χ3n) is 5.92. The molecule has 0 radical (unpaired) electrons. The number of methoxy groups -OCH3 is 2. The van der Waals surface area contributed by atoms with Crippen molar-refractivity contribution < 1.29 is 9.47 Å². The fourth-order valence-electron chi connectivity index (χ4n) is 4.13. The molecule has 31 heavy (non-hydrogen) atoms. The van der Waals surface area contributed by atoms with Gasteiger partial charge < -0.3 is 14.4 Å². The van der Waals surface area contributed by atoms with Gasteiger partial charge in [0.2, 0.25) is 0 Å². The SMILES string of the molecule is COc1ccc(-n2c(SCCC3CCCCN3C)nnc2-c2ccccc2OC)cc1. The number of hydrogen-bond donors (Lipinski definition) is 0. The van der Waals surface area contributed by atoms with Gasteiger partial charge in [-0.05, 0) is 69.3 Å². The lowest BCUT2D eigenvalue weighted by molar-refractivity contribution is 0.182. The van der Waals surface area contributed by atoms with Gasteiger partial charge in [-0.15, -0.1) is 10.2 Å². The number of likely N-dealkylation sites (tertiary alicyclic amines) is 1. The highest BCUT2D eigenvalue weighted by Crippen LogP contribution is 2.34. The molecule has 3 aromatic rings. The molecule has 0 spiro atoms. The van der Waals surface area contributed by atoms with Crippen LogP contribution in [0, 0.1) is 0 Å². The lowest BCUT2D eigenvalue weighted by atomic mass is 10.0. The number of rotatable bonds is 8. The lowest BCUT2D eigenvalue weighted by Crippen LogP contribution is -2.36. The van der Waals surface area contributed by atoms with E-state index in [0.717, 1.165) is 45.9 Å². The molecule has 0 saturated carbocycles. The molecule has 0 amide bonds. The molecule has 2 aromatic carbocycles. The van der Waals surface area contributed by atoms with E-state index in [0.29, 0.717) is 6.04 Å². The van der Waals surface area contributed by atoms with Gasteiger partial charge in [0, 0.05) is 11.8 Å². The van der Waals surface area contributed by atoms with Gasteiger partial charge in [-0.3, -0.25) is 4.57 Å². The van der Waals surface area contributed by atoms with E-state index in [4.69, 9.17) is 9.47 Å². The number of nitrogens with zero attached hydrogens (tertiary/aromatic N) is 4. The normalized spacial score (nSPS) is 16.9. The highest BCUT2D eigenvalue weighted by Gasteiger charge is 2.21. The number of aromatic nitrogens is 3. The average molecular weight is 439 g/mol. The van der Waals surface area contributed by atoms with Crippen LogP contribution in [0.3, 0.4) is 0 Å². The van der Waals surface area contributed by atoms with Crippen molar-refractivity contribution in [1.29, 1.82) is 0 Å². The van der Waals surface area contributed by atoms with Gasteiger partial charge in [0.25, 0.3) is 0 Å². The van der Waals surface area contributed by atoms with Gasteiger partial charge >= 0.3 is 0 Å². The number of para-hydroxylation sites is 1. The number of thioether (sulfide) groups is 1. The summed E-state index contributed by atoms with van der Waals surface area (Å²) < 4.78 is 13.1. The summed E-state index contributed by atoms with van der Waals surface area (Å²) in [5, 5.41) is 10.0. The molecule has 1 unspecified atom stereocenters. The summed E-state index contributed by atoms with van der Waals surface area (Å²) in [6, 6.07) is 16.6. The molecular weight excluding hydrogens is 408 g/mol. The molecule has 6 nitrogen and oxygen atoms in total. The summed E-state index contributed by atoms with van der Waals surface area (Å²) >= 11 is 1.77. The van der Waals surface area contributed by atoms with E-state index in [-0.39, 0.29) is 0 Å². The highest BCUT2D eigenvalue weighted by molar-refractivity contribution is 7.99. The minimum atomic E-state index is 0.660. The summed E-state index contributed by atoms with van der Waals surface area (Å²) in [5.74, 6) is 3.39. The first-order valence-corrected chi connectivity index (χ1v) is 11.8. The third kappa shape index (κ3) is 4.88. The van der Waals surface area contributed by atoms with Crippen molar-refractivity contribution >= 4 is 11.8 Å². The molecule has 1 saturated heterocycles. The molecule has 2 heterocycles. The zero-order valence-electron chi connectivity index (χ0n) is 18.5. The quantitative estimate of drug-likeness (QED) is 0.466. The van der Waals surface area contributed by atoms with Crippen LogP contribution < -0.4 is 9.47 Å². The van der Waals surface area contributed by atoms with Crippen LogP contribution >= 0.6 is 11.8 Å². The maximum Gasteiger partial charge on any atom is 0.196 e. The molecule has 0 bridgehead atoms. The predicted molar refractivity (Wildman–Crippen MR) is 126 cm³/mol. The first kappa shape index (κ1) is 21.7. The fourth-order valence-corrected chi connectivity index (χ4v) is 5.12. The maximum atomic E-state index is 5.60. The molecule has 1 atom stereocenters. The second-order valence-electron chi connectivity index (χ2n) is 7.81. The van der Waals surface area contributed by atoms with Crippen molar-refractivity contribution in [3.63, 3.8) is 0 Å². The molecule has 164 valence electrons. The van der Waals surface area contributed by atoms with Gasteiger partial charge in [0.1, 0.15) is 11.5 Å². The van der Waals surface area contributed by atoms with E-state index in [1.807, 2.05) is 48.5 Å². The number of piperidine rings is 1. The first-order valence-electron chi connectivity index (χ1n) is 10.8. The van der Waals surface area contributed by atoms with Crippen LogP contribution in [0.1, 0.15) is 25.7 Å². The Labute approximate surface area is 188 Å². The molecular formula is C24H30N4O2S. The van der Waals surface area contributed by atoms with Gasteiger partial charge in [0.15, 0.2) is 11.0 Å². The zero-order chi connectivity index (χ0) is 21.6. The van der Waals surface area contributed by atoms with Crippen molar-refractivity contribution in [3.8, 4) is 28.6 Å². The summed E-state index contributed by atoms with van der Waals surface area (Å²) in [5.41, 5.74) is 1.93. The minimum absolute atomic E-state index is 0.660. The van der Waals surface area contributed by atoms with E-state index in [9.17, 15) is 0 Å². The average Bonchev–Trinajstić information content (AvgIpc) is 3.24. The summed E-state index contributed by atoms with van der Waals surface area (Å²) in [6.45, 7) is 1.20. The fraction of sp³-hybridized carbons (Fsp3) is 0.417. The van der Waals surface area contributed by atoms with Crippen molar-refractivity contribution in [2.24, 2.45) is 0 Å².